The number of nitrogens with zero attached hydrogens (tertiary/aromatic N) is 3. The first-order valence-electron chi connectivity index (χ1n) is 11.7. The number of aromatic nitrogens is 2. The molecule has 0 radical (unpaired) electrons. The number of halogens is 6. The molecule has 2 aliphatic heterocycles. The monoisotopic (exact) mass is 604 g/mol. The average molecular weight is 605 g/mol. The van der Waals surface area contributed by atoms with Crippen LogP contribution in [0.1, 0.15) is 33.8 Å². The van der Waals surface area contributed by atoms with Crippen molar-refractivity contribution in [3.63, 3.8) is 0 Å². The van der Waals surface area contributed by atoms with Crippen LogP contribution in [0.2, 0.25) is 0 Å². The minimum atomic E-state index is -5.08. The highest BCUT2D eigenvalue weighted by Crippen LogP contribution is 2.43. The predicted octanol–water partition coefficient (Wildman–Crippen LogP) is 4.71. The Morgan fingerprint density at radius 1 is 0.927 bits per heavy atom. The Labute approximate surface area is 232 Å². The van der Waals surface area contributed by atoms with Gasteiger partial charge in [-0.3, -0.25) is 14.7 Å². The number of piperidine rings is 1. The van der Waals surface area contributed by atoms with Crippen LogP contribution in [0.3, 0.4) is 0 Å². The van der Waals surface area contributed by atoms with E-state index in [2.05, 4.69) is 39.5 Å². The van der Waals surface area contributed by atoms with Crippen molar-refractivity contribution < 1.29 is 50.9 Å². The fraction of sp³-hybridized carbons (Fsp3) is 0.320. The minimum absolute atomic E-state index is 0.0345. The van der Waals surface area contributed by atoms with E-state index in [1.54, 1.807) is 0 Å². The van der Waals surface area contributed by atoms with Crippen molar-refractivity contribution in [2.24, 2.45) is 0 Å². The van der Waals surface area contributed by atoms with Gasteiger partial charge >= 0.3 is 24.3 Å². The fourth-order valence-corrected chi connectivity index (χ4v) is 5.10. The molecule has 2 aromatic heterocycles. The number of carboxylic acids is 2. The molecule has 1 amide bonds. The molecule has 1 spiro atoms. The van der Waals surface area contributed by atoms with Crippen molar-refractivity contribution in [3.05, 3.63) is 71.0 Å². The summed E-state index contributed by atoms with van der Waals surface area (Å²) >= 11 is 1.51. The first-order valence-corrected chi connectivity index (χ1v) is 12.5. The molecular formula is C25H22F6N4O5S. The highest BCUT2D eigenvalue weighted by molar-refractivity contribution is 7.17. The molecule has 1 aromatic carbocycles. The smallest absolute Gasteiger partial charge is 0.475 e. The Morgan fingerprint density at radius 3 is 1.93 bits per heavy atom. The third-order valence-electron chi connectivity index (χ3n) is 6.01. The van der Waals surface area contributed by atoms with E-state index in [1.165, 1.54) is 16.9 Å². The second kappa shape index (κ2) is 12.6. The topological polar surface area (TPSA) is 133 Å². The molecule has 0 aliphatic carbocycles. The van der Waals surface area contributed by atoms with Crippen LogP contribution in [0, 0.1) is 0 Å². The maximum atomic E-state index is 12.6. The Kier molecular flexibility index (Phi) is 9.70. The van der Waals surface area contributed by atoms with Gasteiger partial charge in [0.05, 0.1) is 11.2 Å². The summed E-state index contributed by atoms with van der Waals surface area (Å²) in [7, 11) is 0. The van der Waals surface area contributed by atoms with Crippen molar-refractivity contribution in [1.29, 1.82) is 0 Å². The molecule has 41 heavy (non-hydrogen) atoms. The van der Waals surface area contributed by atoms with E-state index in [9.17, 15) is 31.1 Å². The van der Waals surface area contributed by atoms with Crippen LogP contribution in [0.25, 0.3) is 10.6 Å². The molecule has 0 atom stereocenters. The number of hydrogen-bond acceptors (Lipinski definition) is 7. The van der Waals surface area contributed by atoms with E-state index in [0.717, 1.165) is 53.6 Å². The van der Waals surface area contributed by atoms with Crippen LogP contribution in [0.15, 0.2) is 54.9 Å². The first-order chi connectivity index (χ1) is 19.1. The third kappa shape index (κ3) is 8.23. The number of thiazole rings is 1. The maximum Gasteiger partial charge on any atom is 0.490 e. The summed E-state index contributed by atoms with van der Waals surface area (Å²) in [6.45, 7) is 2.81. The van der Waals surface area contributed by atoms with E-state index < -0.39 is 24.3 Å². The number of aliphatic carboxylic acids is 2. The van der Waals surface area contributed by atoms with Gasteiger partial charge in [0.2, 0.25) is 0 Å². The molecule has 9 nitrogen and oxygen atoms in total. The standard InChI is InChI=1S/C21H20N4OS.2C2HF3O2/c26-19-17-18(23-20(27-17)16-4-2-1-3-5-16)21(24-19)8-12-25(13-9-21)14-15-6-10-22-11-7-15;2*3-2(4,5)1(6)7/h1-7,10-11H,8-9,12-14H2,(H,24,26);2*(H,6,7). The lowest BCUT2D eigenvalue weighted by atomic mass is 9.86. The van der Waals surface area contributed by atoms with E-state index in [0.29, 0.717) is 0 Å². The minimum Gasteiger partial charge on any atom is -0.475 e. The van der Waals surface area contributed by atoms with E-state index in [-0.39, 0.29) is 11.4 Å². The van der Waals surface area contributed by atoms with Crippen molar-refractivity contribution in [2.45, 2.75) is 37.3 Å². The van der Waals surface area contributed by atoms with Gasteiger partial charge in [0, 0.05) is 37.6 Å². The van der Waals surface area contributed by atoms with Crippen molar-refractivity contribution in [2.75, 3.05) is 13.1 Å². The largest absolute Gasteiger partial charge is 0.490 e. The molecule has 5 rings (SSSR count). The first kappa shape index (κ1) is 31.5. The second-order valence-electron chi connectivity index (χ2n) is 8.84. The zero-order valence-electron chi connectivity index (χ0n) is 20.9. The lowest BCUT2D eigenvalue weighted by molar-refractivity contribution is -0.193. The van der Waals surface area contributed by atoms with Crippen LogP contribution in [0.5, 0.6) is 0 Å². The summed E-state index contributed by atoms with van der Waals surface area (Å²) in [5.41, 5.74) is 3.01. The van der Waals surface area contributed by atoms with Gasteiger partial charge < -0.3 is 15.5 Å². The van der Waals surface area contributed by atoms with Gasteiger partial charge in [-0.05, 0) is 30.5 Å². The van der Waals surface area contributed by atoms with Gasteiger partial charge in [-0.1, -0.05) is 30.3 Å². The molecule has 2 aliphatic rings. The van der Waals surface area contributed by atoms with Crippen LogP contribution >= 0.6 is 11.3 Å². The summed E-state index contributed by atoms with van der Waals surface area (Å²) in [6, 6.07) is 14.2. The number of likely N-dealkylation sites (tertiary alicyclic amines) is 1. The number of carbonyl (C=O) groups is 3. The van der Waals surface area contributed by atoms with Gasteiger partial charge in [-0.25, -0.2) is 14.6 Å². The summed E-state index contributed by atoms with van der Waals surface area (Å²) in [5, 5.41) is 18.4. The quantitative estimate of drug-likeness (QED) is 0.367. The lowest BCUT2D eigenvalue weighted by Crippen LogP contribution is -2.49. The Balaban J connectivity index is 0.000000276. The van der Waals surface area contributed by atoms with Crippen molar-refractivity contribution in [3.8, 4) is 10.6 Å². The normalized spacial score (nSPS) is 16.0. The lowest BCUT2D eigenvalue weighted by Gasteiger charge is -2.39. The molecule has 220 valence electrons. The summed E-state index contributed by atoms with van der Waals surface area (Å²) in [6.07, 6.45) is -4.70. The number of nitrogens with one attached hydrogen (secondary N) is 1. The molecule has 1 saturated heterocycles. The summed E-state index contributed by atoms with van der Waals surface area (Å²) in [5.74, 6) is -5.48. The number of alkyl halides is 6. The van der Waals surface area contributed by atoms with Crippen LogP contribution in [0.4, 0.5) is 26.3 Å². The van der Waals surface area contributed by atoms with E-state index in [4.69, 9.17) is 24.8 Å². The third-order valence-corrected chi connectivity index (χ3v) is 7.11. The van der Waals surface area contributed by atoms with Gasteiger partial charge in [0.15, 0.2) is 0 Å². The highest BCUT2D eigenvalue weighted by Gasteiger charge is 2.48. The van der Waals surface area contributed by atoms with Crippen LogP contribution < -0.4 is 5.32 Å². The number of hydrogen-bond donors (Lipinski definition) is 3. The van der Waals surface area contributed by atoms with E-state index >= 15 is 0 Å². The van der Waals surface area contributed by atoms with Crippen LogP contribution in [-0.4, -0.2) is 68.4 Å². The zero-order valence-corrected chi connectivity index (χ0v) is 21.7. The molecular weight excluding hydrogens is 582 g/mol. The average Bonchev–Trinajstić information content (AvgIpc) is 3.46. The molecule has 0 saturated carbocycles. The second-order valence-corrected chi connectivity index (χ2v) is 9.84. The van der Waals surface area contributed by atoms with Crippen molar-refractivity contribution >= 4 is 29.2 Å². The number of carbonyl (C=O) groups excluding carboxylic acids is 1. The van der Waals surface area contributed by atoms with Crippen molar-refractivity contribution in [1.82, 2.24) is 20.2 Å². The Bertz CT molecular complexity index is 1330. The highest BCUT2D eigenvalue weighted by atomic mass is 32.1. The molecule has 0 bridgehead atoms. The molecule has 0 unspecified atom stereocenters. The molecule has 1 fully saturated rings. The number of amides is 1. The number of pyridine rings is 1. The SMILES string of the molecule is O=C(O)C(F)(F)F.O=C(O)C(F)(F)F.O=C1NC2(CCN(Cc3ccncc3)CC2)c2nc(-c3ccccc3)sc21. The van der Waals surface area contributed by atoms with Gasteiger partial charge in [-0.15, -0.1) is 11.3 Å². The summed E-state index contributed by atoms with van der Waals surface area (Å²) in [4.78, 5) is 42.6. The van der Waals surface area contributed by atoms with Gasteiger partial charge in [0.25, 0.3) is 5.91 Å². The fourth-order valence-electron chi connectivity index (χ4n) is 4.04. The number of benzene rings is 1. The molecule has 4 heterocycles. The summed E-state index contributed by atoms with van der Waals surface area (Å²) < 4.78 is 63.5. The Morgan fingerprint density at radius 2 is 1.44 bits per heavy atom. The maximum absolute atomic E-state index is 12.6. The number of carboxylic acid groups (broad SMARTS) is 2. The molecule has 16 heteroatoms. The van der Waals surface area contributed by atoms with Gasteiger partial charge in [-0.2, -0.15) is 26.3 Å². The zero-order chi connectivity index (χ0) is 30.4. The van der Waals surface area contributed by atoms with Gasteiger partial charge in [0.1, 0.15) is 9.88 Å². The Hall–Kier alpha value is -4.05. The number of fused-ring (bicyclic) bond motifs is 2. The van der Waals surface area contributed by atoms with Crippen LogP contribution in [-0.2, 0) is 21.7 Å². The van der Waals surface area contributed by atoms with E-state index in [1.807, 2.05) is 30.6 Å². The molecule has 3 N–H and O–H groups in total. The predicted molar refractivity (Wildman–Crippen MR) is 133 cm³/mol. The number of rotatable bonds is 3. The molecule has 3 aromatic rings.